The third kappa shape index (κ3) is 5.63. The van der Waals surface area contributed by atoms with Crippen molar-refractivity contribution in [3.63, 3.8) is 0 Å². The van der Waals surface area contributed by atoms with Crippen molar-refractivity contribution in [3.05, 3.63) is 29.8 Å². The lowest BCUT2D eigenvalue weighted by Gasteiger charge is -2.42. The first-order chi connectivity index (χ1) is 11.9. The van der Waals surface area contributed by atoms with Crippen LogP contribution in [-0.2, 0) is 18.7 Å². The molecule has 0 aliphatic rings. The van der Waals surface area contributed by atoms with E-state index in [1.54, 1.807) is 12.1 Å². The van der Waals surface area contributed by atoms with Crippen LogP contribution in [0, 0.1) is 6.92 Å². The summed E-state index contributed by atoms with van der Waals surface area (Å²) in [4.78, 5) is 0.0893. The third-order valence-corrected chi connectivity index (χ3v) is 12.3. The van der Waals surface area contributed by atoms with E-state index in [1.807, 2.05) is 6.92 Å². The quantitative estimate of drug-likeness (QED) is 0.468. The number of benzene rings is 1. The van der Waals surface area contributed by atoms with Crippen molar-refractivity contribution in [2.24, 2.45) is 0 Å². The van der Waals surface area contributed by atoms with Crippen LogP contribution in [0.1, 0.15) is 47.1 Å². The number of aliphatic hydroxyl groups is 1. The van der Waals surface area contributed by atoms with Gasteiger partial charge in [-0.1, -0.05) is 59.2 Å². The fourth-order valence-corrected chi connectivity index (χ4v) is 10.2. The molecule has 0 saturated heterocycles. The number of aryl methyl sites for hydroxylation is 1. The fraction of sp³-hybridized carbons (Fsp3) is 0.684. The van der Waals surface area contributed by atoms with Crippen LogP contribution < -0.4 is 0 Å². The van der Waals surface area contributed by atoms with Gasteiger partial charge in [-0.15, -0.1) is 0 Å². The molecule has 1 aromatic rings. The van der Waals surface area contributed by atoms with Gasteiger partial charge in [-0.2, -0.15) is 8.42 Å². The summed E-state index contributed by atoms with van der Waals surface area (Å²) in [5.74, 6) is 0. The van der Waals surface area contributed by atoms with Gasteiger partial charge in [0.2, 0.25) is 0 Å². The summed E-state index contributed by atoms with van der Waals surface area (Å²) in [5.41, 5.74) is 2.15. The van der Waals surface area contributed by atoms with Crippen LogP contribution in [0.3, 0.4) is 0 Å². The van der Waals surface area contributed by atoms with Gasteiger partial charge in [-0.3, -0.25) is 4.18 Å². The molecule has 1 unspecified atom stereocenters. The van der Waals surface area contributed by atoms with E-state index in [0.29, 0.717) is 16.6 Å². The first kappa shape index (κ1) is 23.3. The SMILES string of the molecule is Cc1ccc(S(=O)(=O)OCC(O)CO[Si](C(C)C)(C(C)C)C(C)C)cc1. The summed E-state index contributed by atoms with van der Waals surface area (Å²) >= 11 is 0. The number of hydrogen-bond acceptors (Lipinski definition) is 5. The average molecular weight is 403 g/mol. The van der Waals surface area contributed by atoms with Crippen molar-refractivity contribution in [2.45, 2.75) is 76.1 Å². The fourth-order valence-electron chi connectivity index (χ4n) is 3.73. The summed E-state index contributed by atoms with van der Waals surface area (Å²) < 4.78 is 35.7. The van der Waals surface area contributed by atoms with Crippen molar-refractivity contribution >= 4 is 18.4 Å². The number of hydrogen-bond donors (Lipinski definition) is 1. The van der Waals surface area contributed by atoms with Crippen LogP contribution in [0.25, 0.3) is 0 Å². The van der Waals surface area contributed by atoms with Crippen LogP contribution >= 0.6 is 0 Å². The van der Waals surface area contributed by atoms with Gasteiger partial charge in [-0.05, 0) is 35.7 Å². The zero-order valence-corrected chi connectivity index (χ0v) is 18.8. The Kier molecular flexibility index (Phi) is 8.48. The Morgan fingerprint density at radius 3 is 1.81 bits per heavy atom. The Labute approximate surface area is 160 Å². The molecule has 1 rings (SSSR count). The Morgan fingerprint density at radius 1 is 0.923 bits per heavy atom. The highest BCUT2D eigenvalue weighted by molar-refractivity contribution is 7.86. The number of rotatable bonds is 10. The Balaban J connectivity index is 2.71. The highest BCUT2D eigenvalue weighted by Crippen LogP contribution is 2.42. The average Bonchev–Trinajstić information content (AvgIpc) is 2.53. The Morgan fingerprint density at radius 2 is 1.38 bits per heavy atom. The zero-order valence-electron chi connectivity index (χ0n) is 17.0. The van der Waals surface area contributed by atoms with E-state index in [0.717, 1.165) is 5.56 Å². The molecule has 0 fully saturated rings. The summed E-state index contributed by atoms with van der Waals surface area (Å²) in [7, 11) is -5.98. The van der Waals surface area contributed by atoms with Gasteiger partial charge in [0.25, 0.3) is 10.1 Å². The normalized spacial score (nSPS) is 14.4. The molecular weight excluding hydrogens is 368 g/mol. The molecule has 0 amide bonds. The lowest BCUT2D eigenvalue weighted by atomic mass is 10.2. The molecule has 0 heterocycles. The number of aliphatic hydroxyl groups excluding tert-OH is 1. The first-order valence-corrected chi connectivity index (χ1v) is 12.8. The lowest BCUT2D eigenvalue weighted by molar-refractivity contribution is 0.0581. The first-order valence-electron chi connectivity index (χ1n) is 9.21. The Bertz CT molecular complexity index is 631. The zero-order chi connectivity index (χ0) is 20.1. The minimum Gasteiger partial charge on any atom is -0.413 e. The third-order valence-electron chi connectivity index (χ3n) is 4.96. The van der Waals surface area contributed by atoms with E-state index in [4.69, 9.17) is 8.61 Å². The molecular formula is C19H34O5SSi. The van der Waals surface area contributed by atoms with E-state index in [1.165, 1.54) is 12.1 Å². The van der Waals surface area contributed by atoms with Crippen LogP contribution in [-0.4, -0.2) is 41.2 Å². The molecule has 0 aliphatic carbocycles. The second-order valence-electron chi connectivity index (χ2n) is 7.83. The highest BCUT2D eigenvalue weighted by Gasteiger charge is 2.45. The van der Waals surface area contributed by atoms with E-state index in [2.05, 4.69) is 41.5 Å². The van der Waals surface area contributed by atoms with Gasteiger partial charge in [0.15, 0.2) is 8.32 Å². The van der Waals surface area contributed by atoms with E-state index in [9.17, 15) is 13.5 Å². The van der Waals surface area contributed by atoms with E-state index >= 15 is 0 Å². The van der Waals surface area contributed by atoms with Gasteiger partial charge in [0.1, 0.15) is 6.10 Å². The second-order valence-corrected chi connectivity index (χ2v) is 14.9. The maximum Gasteiger partial charge on any atom is 0.297 e. The molecule has 0 spiro atoms. The minimum absolute atomic E-state index is 0.0875. The van der Waals surface area contributed by atoms with Crippen molar-refractivity contribution in [1.82, 2.24) is 0 Å². The monoisotopic (exact) mass is 402 g/mol. The summed E-state index contributed by atoms with van der Waals surface area (Å²) in [6.45, 7) is 14.6. The van der Waals surface area contributed by atoms with Crippen LogP contribution in [0.15, 0.2) is 29.2 Å². The predicted octanol–water partition coefficient (Wildman–Crippen LogP) is 4.25. The van der Waals surface area contributed by atoms with Crippen LogP contribution in [0.5, 0.6) is 0 Å². The minimum atomic E-state index is -3.88. The van der Waals surface area contributed by atoms with Gasteiger partial charge < -0.3 is 9.53 Å². The summed E-state index contributed by atoms with van der Waals surface area (Å²) in [5, 5.41) is 10.2. The molecule has 0 bridgehead atoms. The molecule has 1 N–H and O–H groups in total. The smallest absolute Gasteiger partial charge is 0.297 e. The van der Waals surface area contributed by atoms with Crippen molar-refractivity contribution < 1.29 is 22.1 Å². The van der Waals surface area contributed by atoms with Crippen molar-refractivity contribution in [1.29, 1.82) is 0 Å². The van der Waals surface area contributed by atoms with Crippen LogP contribution in [0.4, 0.5) is 0 Å². The van der Waals surface area contributed by atoms with Crippen molar-refractivity contribution in [3.8, 4) is 0 Å². The molecule has 5 nitrogen and oxygen atoms in total. The highest BCUT2D eigenvalue weighted by atomic mass is 32.2. The maximum atomic E-state index is 12.2. The second kappa shape index (κ2) is 9.46. The van der Waals surface area contributed by atoms with Gasteiger partial charge in [0, 0.05) is 0 Å². The topological polar surface area (TPSA) is 72.8 Å². The molecule has 0 aromatic heterocycles. The molecule has 1 aromatic carbocycles. The molecule has 26 heavy (non-hydrogen) atoms. The molecule has 1 atom stereocenters. The van der Waals surface area contributed by atoms with E-state index in [-0.39, 0.29) is 18.1 Å². The molecule has 150 valence electrons. The molecule has 0 radical (unpaired) electrons. The molecule has 0 aliphatic heterocycles. The standard InChI is InChI=1S/C19H34O5SSi/c1-14(2)26(15(3)4,16(5)6)24-13-18(20)12-23-25(21,22)19-10-8-17(7)9-11-19/h8-11,14-16,18,20H,12-13H2,1-7H3. The van der Waals surface area contributed by atoms with Gasteiger partial charge in [0.05, 0.1) is 18.1 Å². The van der Waals surface area contributed by atoms with Crippen molar-refractivity contribution in [2.75, 3.05) is 13.2 Å². The summed E-state index contributed by atoms with van der Waals surface area (Å²) in [6, 6.07) is 6.43. The van der Waals surface area contributed by atoms with Gasteiger partial charge >= 0.3 is 0 Å². The lowest BCUT2D eigenvalue weighted by Crippen LogP contribution is -2.49. The predicted molar refractivity (Wildman–Crippen MR) is 107 cm³/mol. The van der Waals surface area contributed by atoms with Gasteiger partial charge in [-0.25, -0.2) is 0 Å². The van der Waals surface area contributed by atoms with Crippen LogP contribution in [0.2, 0.25) is 16.6 Å². The maximum absolute atomic E-state index is 12.2. The molecule has 7 heteroatoms. The van der Waals surface area contributed by atoms with E-state index < -0.39 is 24.5 Å². The molecule has 0 saturated carbocycles. The summed E-state index contributed by atoms with van der Waals surface area (Å²) in [6.07, 6.45) is -0.988. The largest absolute Gasteiger partial charge is 0.413 e. The Hall–Kier alpha value is -0.733.